The van der Waals surface area contributed by atoms with Gasteiger partial charge in [-0.3, -0.25) is 0 Å². The number of hydrogen-bond donors (Lipinski definition) is 0. The van der Waals surface area contributed by atoms with Gasteiger partial charge >= 0.3 is 0 Å². The molecule has 4 aromatic carbocycles. The lowest BCUT2D eigenvalue weighted by molar-refractivity contribution is 0.432. The van der Waals surface area contributed by atoms with Gasteiger partial charge in [0, 0.05) is 11.1 Å². The number of fused-ring (bicyclic) bond motifs is 10. The van der Waals surface area contributed by atoms with Crippen molar-refractivity contribution >= 4 is 18.9 Å². The van der Waals surface area contributed by atoms with Crippen LogP contribution in [0.5, 0.6) is 11.5 Å². The molecule has 0 saturated heterocycles. The number of hydrogen-bond acceptors (Lipinski definition) is 1. The molecule has 3 aliphatic rings. The normalized spacial score (nSPS) is 19.7. The van der Waals surface area contributed by atoms with E-state index in [2.05, 4.69) is 78.9 Å². The molecule has 31 heavy (non-hydrogen) atoms. The molecule has 2 heteroatoms. The van der Waals surface area contributed by atoms with E-state index in [-0.39, 0.29) is 5.41 Å². The van der Waals surface area contributed by atoms with Gasteiger partial charge in [-0.1, -0.05) is 84.3 Å². The average Bonchev–Trinajstić information content (AvgIpc) is 3.11. The van der Waals surface area contributed by atoms with Gasteiger partial charge in [0.2, 0.25) is 0 Å². The Morgan fingerprint density at radius 2 is 1.35 bits per heavy atom. The first-order chi connectivity index (χ1) is 15.3. The number of para-hydroxylation sites is 1. The van der Waals surface area contributed by atoms with Crippen LogP contribution in [0.15, 0.2) is 96.6 Å². The number of ether oxygens (including phenoxy) is 1. The molecular weight excluding hydrogens is 375 g/mol. The van der Waals surface area contributed by atoms with Crippen molar-refractivity contribution in [3.8, 4) is 11.5 Å². The molecule has 1 unspecified atom stereocenters. The van der Waals surface area contributed by atoms with Gasteiger partial charge in [0.15, 0.2) is 0 Å². The van der Waals surface area contributed by atoms with Crippen molar-refractivity contribution in [2.75, 3.05) is 0 Å². The van der Waals surface area contributed by atoms with Gasteiger partial charge in [-0.15, -0.1) is 0 Å². The Morgan fingerprint density at radius 3 is 2.26 bits per heavy atom. The second-order valence-corrected chi connectivity index (χ2v) is 8.66. The maximum absolute atomic E-state index is 6.41. The van der Waals surface area contributed by atoms with Gasteiger partial charge in [-0.2, -0.15) is 0 Å². The molecule has 0 amide bonds. The highest BCUT2D eigenvalue weighted by Gasteiger charge is 2.52. The average molecular weight is 394 g/mol. The molecule has 0 bridgehead atoms. The van der Waals surface area contributed by atoms with Crippen molar-refractivity contribution in [2.45, 2.75) is 18.3 Å². The van der Waals surface area contributed by atoms with Crippen LogP contribution in [0.2, 0.25) is 0 Å². The van der Waals surface area contributed by atoms with Crippen LogP contribution in [0.4, 0.5) is 0 Å². The van der Waals surface area contributed by atoms with E-state index in [0.717, 1.165) is 35.4 Å². The van der Waals surface area contributed by atoms with E-state index in [1.54, 1.807) is 0 Å². The van der Waals surface area contributed by atoms with Gasteiger partial charge in [-0.05, 0) is 58.4 Å². The van der Waals surface area contributed by atoms with Gasteiger partial charge in [0.25, 0.3) is 0 Å². The fourth-order valence-electron chi connectivity index (χ4n) is 6.08. The molecule has 0 N–H and O–H groups in total. The predicted molar refractivity (Wildman–Crippen MR) is 125 cm³/mol. The van der Waals surface area contributed by atoms with Gasteiger partial charge in [0.05, 0.1) is 5.41 Å². The maximum Gasteiger partial charge on any atom is 0.132 e. The minimum atomic E-state index is -0.376. The van der Waals surface area contributed by atoms with Gasteiger partial charge in [-0.25, -0.2) is 0 Å². The number of benzene rings is 4. The monoisotopic (exact) mass is 394 g/mol. The molecular formula is C29H19BO. The summed E-state index contributed by atoms with van der Waals surface area (Å²) in [6.07, 6.45) is 2.06. The van der Waals surface area contributed by atoms with Crippen LogP contribution >= 0.6 is 0 Å². The smallest absolute Gasteiger partial charge is 0.132 e. The third-order valence-electron chi connectivity index (χ3n) is 7.20. The first-order valence-electron chi connectivity index (χ1n) is 10.9. The van der Waals surface area contributed by atoms with E-state index >= 15 is 0 Å². The Balaban J connectivity index is 1.69. The quantitative estimate of drug-likeness (QED) is 0.349. The Bertz CT molecular complexity index is 1430. The Kier molecular flexibility index (Phi) is 3.34. The van der Waals surface area contributed by atoms with Crippen LogP contribution in [-0.2, 0) is 11.8 Å². The minimum absolute atomic E-state index is 0.376. The highest BCUT2D eigenvalue weighted by molar-refractivity contribution is 6.32. The lowest BCUT2D eigenvalue weighted by Gasteiger charge is -2.41. The second-order valence-electron chi connectivity index (χ2n) is 8.66. The summed E-state index contributed by atoms with van der Waals surface area (Å²) < 4.78 is 6.41. The standard InChI is InChI=1S/C29H19BO/c30-19-14-16-27-25(17-19)29(23-11-5-6-12-26(23)31-27)22-10-4-3-9-21(22)28-20-8-2-1-7-18(20)13-15-24(28)29/h1-12,14,16-17H,13,15H2. The zero-order valence-electron chi connectivity index (χ0n) is 17.1. The third-order valence-corrected chi connectivity index (χ3v) is 7.20. The molecule has 0 aromatic heterocycles. The van der Waals surface area contributed by atoms with Gasteiger partial charge in [0.1, 0.15) is 19.3 Å². The predicted octanol–water partition coefficient (Wildman–Crippen LogP) is 5.68. The summed E-state index contributed by atoms with van der Waals surface area (Å²) in [7, 11) is 6.35. The van der Waals surface area contributed by atoms with E-state index in [9.17, 15) is 0 Å². The molecule has 1 heterocycles. The van der Waals surface area contributed by atoms with Crippen molar-refractivity contribution in [2.24, 2.45) is 0 Å². The van der Waals surface area contributed by atoms with E-state index in [1.165, 1.54) is 39.0 Å². The topological polar surface area (TPSA) is 9.23 Å². The van der Waals surface area contributed by atoms with Crippen molar-refractivity contribution in [3.05, 3.63) is 130 Å². The van der Waals surface area contributed by atoms with Crippen molar-refractivity contribution < 1.29 is 4.74 Å². The molecule has 2 radical (unpaired) electrons. The summed E-state index contributed by atoms with van der Waals surface area (Å²) >= 11 is 0. The highest BCUT2D eigenvalue weighted by atomic mass is 16.5. The molecule has 0 saturated carbocycles. The van der Waals surface area contributed by atoms with Gasteiger partial charge < -0.3 is 4.74 Å². The summed E-state index contributed by atoms with van der Waals surface area (Å²) in [5.41, 5.74) is 11.1. The van der Waals surface area contributed by atoms with E-state index in [0.29, 0.717) is 0 Å². The molecule has 1 nitrogen and oxygen atoms in total. The Hall–Kier alpha value is -3.52. The molecule has 1 spiro atoms. The molecule has 0 fully saturated rings. The lowest BCUT2D eigenvalue weighted by atomic mass is 9.63. The number of rotatable bonds is 0. The van der Waals surface area contributed by atoms with Crippen LogP contribution in [0.25, 0.3) is 5.57 Å². The number of aryl methyl sites for hydroxylation is 1. The SMILES string of the molecule is [B]c1ccc2c(c1)C1(C3=C(c4ccccc4CC3)c3ccccc31)c1ccccc1O2. The second kappa shape index (κ2) is 6.01. The Labute approximate surface area is 183 Å². The Morgan fingerprint density at radius 1 is 0.645 bits per heavy atom. The van der Waals surface area contributed by atoms with E-state index in [1.807, 2.05) is 12.1 Å². The summed E-state index contributed by atoms with van der Waals surface area (Å²) in [5.74, 6) is 1.83. The largest absolute Gasteiger partial charge is 0.457 e. The highest BCUT2D eigenvalue weighted by Crippen LogP contribution is 2.63. The molecule has 7 rings (SSSR count). The summed E-state index contributed by atoms with van der Waals surface area (Å²) in [5, 5.41) is 0. The molecule has 2 aliphatic carbocycles. The third kappa shape index (κ3) is 2.07. The van der Waals surface area contributed by atoms with Crippen molar-refractivity contribution in [1.82, 2.24) is 0 Å². The zero-order chi connectivity index (χ0) is 20.6. The summed E-state index contributed by atoms with van der Waals surface area (Å²) in [6, 6.07) is 32.4. The fourth-order valence-corrected chi connectivity index (χ4v) is 6.08. The molecule has 1 atom stereocenters. The first kappa shape index (κ1) is 17.2. The van der Waals surface area contributed by atoms with Crippen LogP contribution in [0, 0.1) is 0 Å². The van der Waals surface area contributed by atoms with Crippen molar-refractivity contribution in [1.29, 1.82) is 0 Å². The van der Waals surface area contributed by atoms with Crippen LogP contribution < -0.4 is 10.2 Å². The summed E-state index contributed by atoms with van der Waals surface area (Å²) in [4.78, 5) is 0. The summed E-state index contributed by atoms with van der Waals surface area (Å²) in [6.45, 7) is 0. The molecule has 4 aromatic rings. The van der Waals surface area contributed by atoms with Crippen LogP contribution in [-0.4, -0.2) is 7.85 Å². The van der Waals surface area contributed by atoms with Crippen molar-refractivity contribution in [3.63, 3.8) is 0 Å². The zero-order valence-corrected chi connectivity index (χ0v) is 17.1. The molecule has 1 aliphatic heterocycles. The maximum atomic E-state index is 6.41. The number of allylic oxidation sites excluding steroid dienone is 1. The molecule has 144 valence electrons. The fraction of sp³-hybridized carbons (Fsp3) is 0.103. The van der Waals surface area contributed by atoms with E-state index < -0.39 is 0 Å². The van der Waals surface area contributed by atoms with Crippen LogP contribution in [0.1, 0.15) is 39.8 Å². The minimum Gasteiger partial charge on any atom is -0.457 e. The van der Waals surface area contributed by atoms with E-state index in [4.69, 9.17) is 12.6 Å². The first-order valence-corrected chi connectivity index (χ1v) is 10.9. The van der Waals surface area contributed by atoms with Crippen LogP contribution in [0.3, 0.4) is 0 Å². The lowest BCUT2D eigenvalue weighted by Crippen LogP contribution is -2.35.